The maximum absolute atomic E-state index is 11.2. The van der Waals surface area contributed by atoms with Crippen LogP contribution < -0.4 is 71.7 Å². The minimum absolute atomic E-state index is 0. The summed E-state index contributed by atoms with van der Waals surface area (Å²) >= 11 is 0. The molecule has 0 saturated carbocycles. The number of hydrogen-bond donors (Lipinski definition) is 1. The zero-order valence-corrected chi connectivity index (χ0v) is 12.3. The van der Waals surface area contributed by atoms with Crippen LogP contribution in [0.25, 0.3) is 0 Å². The first-order valence-electron chi connectivity index (χ1n) is 4.91. The minimum Gasteiger partial charge on any atom is -0.907 e. The average Bonchev–Trinajstić information content (AvgIpc) is 2.26. The van der Waals surface area contributed by atoms with Crippen molar-refractivity contribution < 1.29 is 86.3 Å². The number of hydrogen-bond acceptors (Lipinski definition) is 6. The predicted octanol–water partition coefficient (Wildman–Crippen LogP) is -11.0. The molecule has 1 N–H and O–H groups in total. The Morgan fingerprint density at radius 3 is 2.05 bits per heavy atom. The summed E-state index contributed by atoms with van der Waals surface area (Å²) in [4.78, 5) is 11.2. The largest absolute Gasteiger partial charge is 1.00 e. The van der Waals surface area contributed by atoms with Crippen LogP contribution in [0.2, 0.25) is 0 Å². The summed E-state index contributed by atoms with van der Waals surface area (Å²) in [5.74, 6) is -0.511. The molecule has 1 aromatic carbocycles. The summed E-state index contributed by atoms with van der Waals surface area (Å²) in [6.07, 6.45) is 0.777. The molecule has 6 nitrogen and oxygen atoms in total. The van der Waals surface area contributed by atoms with E-state index in [1.54, 1.807) is 12.1 Å². The smallest absolute Gasteiger partial charge is 0.907 e. The van der Waals surface area contributed by atoms with E-state index in [9.17, 15) is 9.90 Å². The van der Waals surface area contributed by atoms with Crippen LogP contribution >= 0.6 is 0 Å². The topological polar surface area (TPSA) is 116 Å². The minimum atomic E-state index is -2.92. The van der Waals surface area contributed by atoms with Gasteiger partial charge in [0.2, 0.25) is 0 Å². The molecule has 1 rings (SSSR count). The number of rotatable bonds is 3. The van der Waals surface area contributed by atoms with Crippen LogP contribution in [0.5, 0.6) is 5.75 Å². The van der Waals surface area contributed by atoms with E-state index in [1.807, 2.05) is 6.92 Å². The Morgan fingerprint density at radius 1 is 1.20 bits per heavy atom. The standard InChI is InChI=1S/C10H12O3.BO3.3Li/c1-2-7-13-10(12)8-5-3-4-6-9(8)11;2-1(3)4;;;/h3-6,11H,2,7H2,1H3;;;;/q;-3;3*+1. The molecule has 0 spiro atoms. The van der Waals surface area contributed by atoms with Crippen LogP contribution in [0.15, 0.2) is 24.3 Å². The summed E-state index contributed by atoms with van der Waals surface area (Å²) in [7, 11) is -2.92. The van der Waals surface area contributed by atoms with Gasteiger partial charge in [-0.05, 0) is 18.6 Å². The van der Waals surface area contributed by atoms with Crippen molar-refractivity contribution in [3.63, 3.8) is 0 Å². The van der Waals surface area contributed by atoms with Gasteiger partial charge in [0.15, 0.2) is 0 Å². The van der Waals surface area contributed by atoms with E-state index in [4.69, 9.17) is 19.8 Å². The molecule has 0 fully saturated rings. The van der Waals surface area contributed by atoms with Gasteiger partial charge in [-0.3, -0.25) is 7.32 Å². The summed E-state index contributed by atoms with van der Waals surface area (Å²) in [6, 6.07) is 6.34. The molecule has 0 unspecified atom stereocenters. The van der Waals surface area contributed by atoms with E-state index >= 15 is 0 Å². The number of carbonyl (C=O) groups is 1. The third-order valence-electron chi connectivity index (χ3n) is 1.56. The first-order valence-corrected chi connectivity index (χ1v) is 4.91. The summed E-state index contributed by atoms with van der Waals surface area (Å²) in [5.41, 5.74) is 0.218. The van der Waals surface area contributed by atoms with Gasteiger partial charge in [0.1, 0.15) is 11.3 Å². The Hall–Kier alpha value is 0.227. The van der Waals surface area contributed by atoms with E-state index in [1.165, 1.54) is 12.1 Å². The van der Waals surface area contributed by atoms with Crippen molar-refractivity contribution in [3.8, 4) is 5.75 Å². The molecule has 0 aromatic heterocycles. The van der Waals surface area contributed by atoms with Gasteiger partial charge < -0.3 is 24.9 Å². The fourth-order valence-corrected chi connectivity index (χ4v) is 0.919. The van der Waals surface area contributed by atoms with Crippen molar-refractivity contribution in [3.05, 3.63) is 29.8 Å². The Bertz CT molecular complexity index is 351. The van der Waals surface area contributed by atoms with Gasteiger partial charge in [0.05, 0.1) is 6.61 Å². The van der Waals surface area contributed by atoms with Crippen molar-refractivity contribution in [2.75, 3.05) is 6.61 Å². The molecule has 0 aliphatic rings. The second kappa shape index (κ2) is 17.3. The van der Waals surface area contributed by atoms with Crippen molar-refractivity contribution in [1.29, 1.82) is 0 Å². The number of carbonyl (C=O) groups excluding carboxylic acids is 1. The van der Waals surface area contributed by atoms with Crippen LogP contribution in [-0.4, -0.2) is 25.0 Å². The number of ether oxygens (including phenoxy) is 1. The number of benzene rings is 1. The number of aromatic hydroxyl groups is 1. The second-order valence-corrected chi connectivity index (χ2v) is 2.94. The van der Waals surface area contributed by atoms with E-state index in [2.05, 4.69) is 0 Å². The Morgan fingerprint density at radius 2 is 1.65 bits per heavy atom. The van der Waals surface area contributed by atoms with Gasteiger partial charge in [-0.25, -0.2) is 4.79 Å². The van der Waals surface area contributed by atoms with E-state index in [0.717, 1.165) is 6.42 Å². The van der Waals surface area contributed by atoms with Gasteiger partial charge in [-0.1, -0.05) is 19.1 Å². The number of phenols is 1. The molecule has 0 radical (unpaired) electrons. The third kappa shape index (κ3) is 14.6. The van der Waals surface area contributed by atoms with Crippen molar-refractivity contribution >= 4 is 13.3 Å². The molecule has 0 heterocycles. The molecular formula is C10H12BLi3O6. The van der Waals surface area contributed by atoms with Crippen molar-refractivity contribution in [2.24, 2.45) is 0 Å². The van der Waals surface area contributed by atoms with Gasteiger partial charge in [-0.2, -0.15) is 0 Å². The Kier molecular flexibility index (Phi) is 24.5. The normalized spacial score (nSPS) is 7.60. The van der Waals surface area contributed by atoms with Gasteiger partial charge in [-0.15, -0.1) is 0 Å². The number of esters is 1. The molecule has 0 amide bonds. The molecule has 20 heavy (non-hydrogen) atoms. The Labute approximate surface area is 154 Å². The second-order valence-electron chi connectivity index (χ2n) is 2.94. The zero-order chi connectivity index (χ0) is 13.3. The molecule has 1 aromatic rings. The maximum Gasteiger partial charge on any atom is 1.00 e. The quantitative estimate of drug-likeness (QED) is 0.426. The molecule has 0 atom stereocenters. The van der Waals surface area contributed by atoms with Gasteiger partial charge >= 0.3 is 62.6 Å². The molecule has 94 valence electrons. The van der Waals surface area contributed by atoms with E-state index in [0.29, 0.717) is 6.61 Å². The Balaban J connectivity index is -0.000000164. The van der Waals surface area contributed by atoms with E-state index < -0.39 is 13.3 Å². The van der Waals surface area contributed by atoms with Gasteiger partial charge in [0.25, 0.3) is 0 Å². The molecule has 0 saturated heterocycles. The fraction of sp³-hybridized carbons (Fsp3) is 0.300. The van der Waals surface area contributed by atoms with Crippen molar-refractivity contribution in [1.82, 2.24) is 0 Å². The predicted molar refractivity (Wildman–Crippen MR) is 54.4 cm³/mol. The molecular weight excluding hydrogens is 248 g/mol. The number of phenolic OH excluding ortho intramolecular Hbond substituents is 1. The monoisotopic (exact) mass is 260 g/mol. The third-order valence-corrected chi connectivity index (χ3v) is 1.56. The first-order chi connectivity index (χ1) is 7.99. The molecule has 0 bridgehead atoms. The average molecular weight is 260 g/mol. The van der Waals surface area contributed by atoms with E-state index in [-0.39, 0.29) is 67.9 Å². The van der Waals surface area contributed by atoms with Crippen LogP contribution in [0.3, 0.4) is 0 Å². The van der Waals surface area contributed by atoms with Crippen LogP contribution in [-0.2, 0) is 4.74 Å². The van der Waals surface area contributed by atoms with Crippen LogP contribution in [0.1, 0.15) is 23.7 Å². The molecule has 0 aliphatic heterocycles. The maximum atomic E-state index is 11.2. The fourth-order valence-electron chi connectivity index (χ4n) is 0.919. The van der Waals surface area contributed by atoms with Crippen LogP contribution in [0, 0.1) is 0 Å². The molecule has 0 aliphatic carbocycles. The first kappa shape index (κ1) is 28.4. The summed E-state index contributed by atoms with van der Waals surface area (Å²) in [5, 5.41) is 34.5. The summed E-state index contributed by atoms with van der Waals surface area (Å²) in [6.45, 7) is 2.30. The number of para-hydroxylation sites is 1. The van der Waals surface area contributed by atoms with Crippen LogP contribution in [0.4, 0.5) is 0 Å². The van der Waals surface area contributed by atoms with Gasteiger partial charge in [0, 0.05) is 0 Å². The summed E-state index contributed by atoms with van der Waals surface area (Å²) < 4.78 is 4.86. The molecule has 10 heteroatoms. The SMILES string of the molecule is CCCOC(=O)c1ccccc1O.[Li+].[Li+].[Li+].[O-]B([O-])[O-]. The van der Waals surface area contributed by atoms with Crippen molar-refractivity contribution in [2.45, 2.75) is 13.3 Å². The zero-order valence-electron chi connectivity index (χ0n) is 12.3.